The molecule has 8 nitrogen and oxygen atoms in total. The second-order valence-corrected chi connectivity index (χ2v) is 8.63. The second kappa shape index (κ2) is 8.32. The van der Waals surface area contributed by atoms with Gasteiger partial charge in [-0.15, -0.1) is 0 Å². The fourth-order valence-electron chi connectivity index (χ4n) is 3.41. The zero-order valence-corrected chi connectivity index (χ0v) is 16.2. The largest absolute Gasteiger partial charge is 0.490 e. The third kappa shape index (κ3) is 4.53. The SMILES string of the molecule is O=S(=O)(NC1CCC(Oc2cnccn2)CC1)c1ccc2c(c1)OCCCO2. The predicted molar refractivity (Wildman–Crippen MR) is 101 cm³/mol. The lowest BCUT2D eigenvalue weighted by atomic mass is 9.94. The summed E-state index contributed by atoms with van der Waals surface area (Å²) in [6.45, 7) is 1.08. The number of nitrogens with one attached hydrogen (secondary N) is 1. The molecule has 0 unspecified atom stereocenters. The Labute approximate surface area is 164 Å². The van der Waals surface area contributed by atoms with Crippen molar-refractivity contribution in [3.05, 3.63) is 36.8 Å². The van der Waals surface area contributed by atoms with Gasteiger partial charge < -0.3 is 14.2 Å². The van der Waals surface area contributed by atoms with Crippen molar-refractivity contribution in [1.82, 2.24) is 14.7 Å². The fraction of sp³-hybridized carbons (Fsp3) is 0.474. The highest BCUT2D eigenvalue weighted by Gasteiger charge is 2.27. The van der Waals surface area contributed by atoms with Gasteiger partial charge in [-0.25, -0.2) is 18.1 Å². The van der Waals surface area contributed by atoms with Crippen LogP contribution in [0.5, 0.6) is 17.4 Å². The summed E-state index contributed by atoms with van der Waals surface area (Å²) in [4.78, 5) is 8.29. The van der Waals surface area contributed by atoms with Crippen molar-refractivity contribution in [2.75, 3.05) is 13.2 Å². The molecule has 1 saturated carbocycles. The number of sulfonamides is 1. The summed E-state index contributed by atoms with van der Waals surface area (Å²) < 4.78 is 45.4. The molecule has 4 rings (SSSR count). The van der Waals surface area contributed by atoms with Crippen LogP contribution >= 0.6 is 0 Å². The van der Waals surface area contributed by atoms with Crippen LogP contribution in [0.1, 0.15) is 32.1 Å². The van der Waals surface area contributed by atoms with Gasteiger partial charge in [0.2, 0.25) is 15.9 Å². The first-order valence-corrected chi connectivity index (χ1v) is 10.9. The van der Waals surface area contributed by atoms with Crippen LogP contribution in [-0.2, 0) is 10.0 Å². The van der Waals surface area contributed by atoms with E-state index in [0.29, 0.717) is 43.4 Å². The monoisotopic (exact) mass is 405 g/mol. The van der Waals surface area contributed by atoms with Crippen LogP contribution < -0.4 is 18.9 Å². The Morgan fingerprint density at radius 1 is 1.04 bits per heavy atom. The summed E-state index contributed by atoms with van der Waals surface area (Å²) in [5.41, 5.74) is 0. The Kier molecular flexibility index (Phi) is 5.63. The van der Waals surface area contributed by atoms with E-state index in [1.807, 2.05) is 0 Å². The van der Waals surface area contributed by atoms with E-state index < -0.39 is 10.0 Å². The molecule has 1 aliphatic heterocycles. The van der Waals surface area contributed by atoms with Gasteiger partial charge in [0.25, 0.3) is 0 Å². The smallest absolute Gasteiger partial charge is 0.240 e. The van der Waals surface area contributed by atoms with E-state index in [2.05, 4.69) is 14.7 Å². The molecule has 1 aromatic carbocycles. The Morgan fingerprint density at radius 3 is 2.57 bits per heavy atom. The molecule has 0 radical (unpaired) electrons. The Morgan fingerprint density at radius 2 is 1.82 bits per heavy atom. The maximum atomic E-state index is 12.8. The molecular formula is C19H23N3O5S. The van der Waals surface area contributed by atoms with Crippen molar-refractivity contribution >= 4 is 10.0 Å². The highest BCUT2D eigenvalue weighted by molar-refractivity contribution is 7.89. The van der Waals surface area contributed by atoms with E-state index in [1.165, 1.54) is 6.07 Å². The summed E-state index contributed by atoms with van der Waals surface area (Å²) in [5, 5.41) is 0. The van der Waals surface area contributed by atoms with E-state index in [-0.39, 0.29) is 17.0 Å². The molecule has 0 spiro atoms. The minimum absolute atomic E-state index is 0.0236. The van der Waals surface area contributed by atoms with E-state index >= 15 is 0 Å². The lowest BCUT2D eigenvalue weighted by Gasteiger charge is -2.29. The first kappa shape index (κ1) is 18.9. The number of benzene rings is 1. The first-order valence-electron chi connectivity index (χ1n) is 9.45. The molecule has 1 N–H and O–H groups in total. The van der Waals surface area contributed by atoms with Gasteiger partial charge >= 0.3 is 0 Å². The van der Waals surface area contributed by atoms with Gasteiger partial charge in [-0.05, 0) is 37.8 Å². The molecule has 28 heavy (non-hydrogen) atoms. The second-order valence-electron chi connectivity index (χ2n) is 6.92. The fourth-order valence-corrected chi connectivity index (χ4v) is 4.73. The minimum Gasteiger partial charge on any atom is -0.490 e. The zero-order valence-electron chi connectivity index (χ0n) is 15.4. The summed E-state index contributed by atoms with van der Waals surface area (Å²) in [7, 11) is -3.63. The third-order valence-electron chi connectivity index (χ3n) is 4.85. The molecule has 150 valence electrons. The van der Waals surface area contributed by atoms with Gasteiger partial charge in [-0.1, -0.05) is 0 Å². The molecule has 1 fully saturated rings. The van der Waals surface area contributed by atoms with E-state index in [0.717, 1.165) is 19.3 Å². The number of ether oxygens (including phenoxy) is 3. The molecule has 0 bridgehead atoms. The van der Waals surface area contributed by atoms with Gasteiger partial charge in [-0.3, -0.25) is 4.98 Å². The van der Waals surface area contributed by atoms with Gasteiger partial charge in [0, 0.05) is 30.9 Å². The van der Waals surface area contributed by atoms with Crippen LogP contribution in [0.4, 0.5) is 0 Å². The van der Waals surface area contributed by atoms with Gasteiger partial charge in [0.1, 0.15) is 6.10 Å². The molecular weight excluding hydrogens is 382 g/mol. The average molecular weight is 405 g/mol. The summed E-state index contributed by atoms with van der Waals surface area (Å²) in [6, 6.07) is 4.62. The van der Waals surface area contributed by atoms with Gasteiger partial charge in [0.05, 0.1) is 24.3 Å². The number of hydrogen-bond donors (Lipinski definition) is 1. The van der Waals surface area contributed by atoms with Crippen LogP contribution in [0, 0.1) is 0 Å². The van der Waals surface area contributed by atoms with Gasteiger partial charge in [-0.2, -0.15) is 0 Å². The minimum atomic E-state index is -3.63. The lowest BCUT2D eigenvalue weighted by molar-refractivity contribution is 0.138. The standard InChI is InChI=1S/C19H23N3O5S/c23-28(24,16-6-7-17-18(12-16)26-11-1-10-25-17)22-14-2-4-15(5-3-14)27-19-13-20-8-9-21-19/h6-9,12-15,22H,1-5,10-11H2. The quantitative estimate of drug-likeness (QED) is 0.815. The molecule has 2 aliphatic rings. The Hall–Kier alpha value is -2.39. The Bertz CT molecular complexity index is 899. The summed E-state index contributed by atoms with van der Waals surface area (Å²) in [5.74, 6) is 1.55. The van der Waals surface area contributed by atoms with Crippen LogP contribution in [0.3, 0.4) is 0 Å². The van der Waals surface area contributed by atoms with E-state index in [4.69, 9.17) is 14.2 Å². The summed E-state index contributed by atoms with van der Waals surface area (Å²) in [6.07, 6.45) is 8.48. The Balaban J connectivity index is 1.36. The maximum absolute atomic E-state index is 12.8. The first-order chi connectivity index (χ1) is 13.6. The zero-order chi connectivity index (χ0) is 19.4. The van der Waals surface area contributed by atoms with Crippen molar-refractivity contribution in [1.29, 1.82) is 0 Å². The molecule has 2 heterocycles. The van der Waals surface area contributed by atoms with Crippen LogP contribution in [0.2, 0.25) is 0 Å². The van der Waals surface area contributed by atoms with Crippen molar-refractivity contribution in [2.45, 2.75) is 49.1 Å². The number of fused-ring (bicyclic) bond motifs is 1. The molecule has 0 amide bonds. The van der Waals surface area contributed by atoms with E-state index in [9.17, 15) is 8.42 Å². The van der Waals surface area contributed by atoms with Gasteiger partial charge in [0.15, 0.2) is 11.5 Å². The number of hydrogen-bond acceptors (Lipinski definition) is 7. The normalized spacial score (nSPS) is 22.3. The van der Waals surface area contributed by atoms with Crippen LogP contribution in [0.25, 0.3) is 0 Å². The van der Waals surface area contributed by atoms with Crippen molar-refractivity contribution in [2.24, 2.45) is 0 Å². The van der Waals surface area contributed by atoms with Crippen molar-refractivity contribution < 1.29 is 22.6 Å². The molecule has 2 aromatic rings. The molecule has 1 aliphatic carbocycles. The lowest BCUT2D eigenvalue weighted by Crippen LogP contribution is -2.39. The number of aromatic nitrogens is 2. The highest BCUT2D eigenvalue weighted by Crippen LogP contribution is 2.32. The van der Waals surface area contributed by atoms with E-state index in [1.54, 1.807) is 30.7 Å². The molecule has 0 saturated heterocycles. The van der Waals surface area contributed by atoms with Crippen LogP contribution in [0.15, 0.2) is 41.7 Å². The third-order valence-corrected chi connectivity index (χ3v) is 6.37. The van der Waals surface area contributed by atoms with Crippen LogP contribution in [-0.4, -0.2) is 43.7 Å². The van der Waals surface area contributed by atoms with Crippen molar-refractivity contribution in [3.8, 4) is 17.4 Å². The highest BCUT2D eigenvalue weighted by atomic mass is 32.2. The topological polar surface area (TPSA) is 99.6 Å². The number of rotatable bonds is 5. The predicted octanol–water partition coefficient (Wildman–Crippen LogP) is 2.31. The average Bonchev–Trinajstić information content (AvgIpc) is 2.95. The van der Waals surface area contributed by atoms with Crippen molar-refractivity contribution in [3.63, 3.8) is 0 Å². The molecule has 1 aromatic heterocycles. The number of nitrogens with zero attached hydrogens (tertiary/aromatic N) is 2. The molecule has 0 atom stereocenters. The summed E-state index contributed by atoms with van der Waals surface area (Å²) >= 11 is 0. The molecule has 9 heteroatoms. The maximum Gasteiger partial charge on any atom is 0.240 e.